The maximum Gasteiger partial charge on any atom is 0.319 e. The van der Waals surface area contributed by atoms with E-state index in [9.17, 15) is 4.79 Å². The first-order chi connectivity index (χ1) is 10.5. The Kier molecular flexibility index (Phi) is 6.58. The Morgan fingerprint density at radius 3 is 2.59 bits per heavy atom. The molecule has 0 unspecified atom stereocenters. The molecule has 1 aliphatic rings. The van der Waals surface area contributed by atoms with Gasteiger partial charge in [-0.1, -0.05) is 12.1 Å². The first-order valence-electron chi connectivity index (χ1n) is 8.07. The molecule has 22 heavy (non-hydrogen) atoms. The molecule has 4 nitrogen and oxygen atoms in total. The van der Waals surface area contributed by atoms with Crippen molar-refractivity contribution in [2.24, 2.45) is 0 Å². The number of amides is 2. The van der Waals surface area contributed by atoms with E-state index in [1.165, 1.54) is 24.2 Å². The van der Waals surface area contributed by atoms with Crippen molar-refractivity contribution in [3.8, 4) is 0 Å². The van der Waals surface area contributed by atoms with Crippen LogP contribution < -0.4 is 16.0 Å². The van der Waals surface area contributed by atoms with E-state index in [4.69, 9.17) is 0 Å². The predicted molar refractivity (Wildman–Crippen MR) is 95.6 cm³/mol. The van der Waals surface area contributed by atoms with E-state index in [0.29, 0.717) is 6.04 Å². The van der Waals surface area contributed by atoms with Crippen LogP contribution in [0.4, 0.5) is 10.5 Å². The molecule has 1 heterocycles. The summed E-state index contributed by atoms with van der Waals surface area (Å²) in [4.78, 5) is 11.7. The number of carbonyl (C=O) groups is 1. The molecule has 0 saturated carbocycles. The van der Waals surface area contributed by atoms with E-state index in [0.717, 1.165) is 17.5 Å². The summed E-state index contributed by atoms with van der Waals surface area (Å²) in [7, 11) is 0. The Labute approximate surface area is 137 Å². The minimum atomic E-state index is -0.160. The molecule has 1 fully saturated rings. The summed E-state index contributed by atoms with van der Waals surface area (Å²) in [5, 5.41) is 10.0. The number of rotatable bonds is 6. The molecular formula is C17H27N3OS. The summed E-state index contributed by atoms with van der Waals surface area (Å²) in [5.74, 6) is 1.31. The lowest BCUT2D eigenvalue weighted by Gasteiger charge is -2.17. The fraction of sp³-hybridized carbons (Fsp3) is 0.588. The van der Waals surface area contributed by atoms with Crippen molar-refractivity contribution in [3.63, 3.8) is 0 Å². The van der Waals surface area contributed by atoms with Crippen molar-refractivity contribution < 1.29 is 4.79 Å². The minimum absolute atomic E-state index is 0.136. The quantitative estimate of drug-likeness (QED) is 0.748. The number of hydrogen-bond acceptors (Lipinski definition) is 3. The Morgan fingerprint density at radius 1 is 1.27 bits per heavy atom. The Bertz CT molecular complexity index is 469. The average molecular weight is 321 g/mol. The van der Waals surface area contributed by atoms with Crippen LogP contribution in [-0.4, -0.2) is 29.6 Å². The standard InChI is InChI=1S/C17H27N3OS/c1-12(2)19-17(21)20-15-8-6-14(7-9-15)13(3)18-11-16-5-4-10-22-16/h6-9,12-13,16,18H,4-5,10-11H2,1-3H3,(H2,19,20,21)/t13-,16-/m0/s1. The number of anilines is 1. The van der Waals surface area contributed by atoms with Gasteiger partial charge in [-0.2, -0.15) is 11.8 Å². The molecule has 0 bridgehead atoms. The van der Waals surface area contributed by atoms with Gasteiger partial charge in [0, 0.05) is 29.6 Å². The fourth-order valence-electron chi connectivity index (χ4n) is 2.52. The van der Waals surface area contributed by atoms with Crippen LogP contribution in [-0.2, 0) is 0 Å². The normalized spacial score (nSPS) is 19.2. The lowest BCUT2D eigenvalue weighted by Crippen LogP contribution is -2.34. The zero-order chi connectivity index (χ0) is 15.9. The molecule has 2 amide bonds. The third-order valence-corrected chi connectivity index (χ3v) is 5.16. The lowest BCUT2D eigenvalue weighted by molar-refractivity contribution is 0.250. The molecule has 2 rings (SSSR count). The van der Waals surface area contributed by atoms with Crippen LogP contribution in [0.15, 0.2) is 24.3 Å². The van der Waals surface area contributed by atoms with Crippen molar-refractivity contribution in [2.75, 3.05) is 17.6 Å². The van der Waals surface area contributed by atoms with Crippen LogP contribution >= 0.6 is 11.8 Å². The molecule has 0 radical (unpaired) electrons. The summed E-state index contributed by atoms with van der Waals surface area (Å²) in [6.45, 7) is 7.15. The van der Waals surface area contributed by atoms with Gasteiger partial charge < -0.3 is 16.0 Å². The molecule has 0 aromatic heterocycles. The zero-order valence-electron chi connectivity index (χ0n) is 13.7. The summed E-state index contributed by atoms with van der Waals surface area (Å²) >= 11 is 2.08. The van der Waals surface area contributed by atoms with Gasteiger partial charge in [-0.15, -0.1) is 0 Å². The van der Waals surface area contributed by atoms with Crippen LogP contribution in [0, 0.1) is 0 Å². The van der Waals surface area contributed by atoms with Crippen molar-refractivity contribution in [1.29, 1.82) is 0 Å². The highest BCUT2D eigenvalue weighted by Crippen LogP contribution is 2.26. The number of nitrogens with one attached hydrogen (secondary N) is 3. The van der Waals surface area contributed by atoms with Gasteiger partial charge >= 0.3 is 6.03 Å². The smallest absolute Gasteiger partial charge is 0.319 e. The molecule has 0 spiro atoms. The molecule has 1 saturated heterocycles. The van der Waals surface area contributed by atoms with Crippen molar-refractivity contribution in [1.82, 2.24) is 10.6 Å². The van der Waals surface area contributed by atoms with Gasteiger partial charge in [-0.05, 0) is 57.1 Å². The Morgan fingerprint density at radius 2 is 2.00 bits per heavy atom. The third kappa shape index (κ3) is 5.54. The van der Waals surface area contributed by atoms with E-state index in [1.54, 1.807) is 0 Å². The van der Waals surface area contributed by atoms with Crippen molar-refractivity contribution in [3.05, 3.63) is 29.8 Å². The number of carbonyl (C=O) groups excluding carboxylic acids is 1. The van der Waals surface area contributed by atoms with E-state index in [2.05, 4.69) is 46.8 Å². The zero-order valence-corrected chi connectivity index (χ0v) is 14.5. The molecule has 1 aromatic carbocycles. The summed E-state index contributed by atoms with van der Waals surface area (Å²) in [5.41, 5.74) is 2.07. The molecule has 3 N–H and O–H groups in total. The second kappa shape index (κ2) is 8.44. The van der Waals surface area contributed by atoms with E-state index in [-0.39, 0.29) is 12.1 Å². The maximum atomic E-state index is 11.7. The van der Waals surface area contributed by atoms with Crippen LogP contribution in [0.5, 0.6) is 0 Å². The van der Waals surface area contributed by atoms with Gasteiger partial charge in [0.15, 0.2) is 0 Å². The van der Waals surface area contributed by atoms with Gasteiger partial charge in [0.2, 0.25) is 0 Å². The number of urea groups is 1. The highest BCUT2D eigenvalue weighted by atomic mass is 32.2. The second-order valence-electron chi connectivity index (χ2n) is 6.14. The van der Waals surface area contributed by atoms with Crippen molar-refractivity contribution in [2.45, 2.75) is 50.9 Å². The molecule has 1 aliphatic heterocycles. The maximum absolute atomic E-state index is 11.7. The number of benzene rings is 1. The molecule has 0 aliphatic carbocycles. The SMILES string of the molecule is CC(C)NC(=O)Nc1ccc([C@H](C)NC[C@@H]2CCCS2)cc1. The van der Waals surface area contributed by atoms with E-state index >= 15 is 0 Å². The second-order valence-corrected chi connectivity index (χ2v) is 7.55. The molecule has 2 atom stereocenters. The van der Waals surface area contributed by atoms with E-state index in [1.807, 2.05) is 26.0 Å². The molecule has 1 aromatic rings. The van der Waals surface area contributed by atoms with Crippen molar-refractivity contribution >= 4 is 23.5 Å². The first kappa shape index (κ1) is 17.2. The van der Waals surface area contributed by atoms with Crippen LogP contribution in [0.25, 0.3) is 0 Å². The van der Waals surface area contributed by atoms with E-state index < -0.39 is 0 Å². The number of hydrogen-bond donors (Lipinski definition) is 3. The summed E-state index contributed by atoms with van der Waals surface area (Å²) in [6, 6.07) is 8.37. The summed E-state index contributed by atoms with van der Waals surface area (Å²) < 4.78 is 0. The van der Waals surface area contributed by atoms with Crippen LogP contribution in [0.1, 0.15) is 45.2 Å². The molecule has 5 heteroatoms. The molecule has 122 valence electrons. The Hall–Kier alpha value is -1.20. The highest BCUT2D eigenvalue weighted by molar-refractivity contribution is 8.00. The monoisotopic (exact) mass is 321 g/mol. The number of thioether (sulfide) groups is 1. The van der Waals surface area contributed by atoms with Gasteiger partial charge in [-0.3, -0.25) is 0 Å². The summed E-state index contributed by atoms with van der Waals surface area (Å²) in [6.07, 6.45) is 2.68. The minimum Gasteiger partial charge on any atom is -0.336 e. The Balaban J connectivity index is 1.81. The first-order valence-corrected chi connectivity index (χ1v) is 9.12. The van der Waals surface area contributed by atoms with Crippen LogP contribution in [0.3, 0.4) is 0 Å². The van der Waals surface area contributed by atoms with Gasteiger partial charge in [-0.25, -0.2) is 4.79 Å². The largest absolute Gasteiger partial charge is 0.336 e. The van der Waals surface area contributed by atoms with Crippen LogP contribution in [0.2, 0.25) is 0 Å². The van der Waals surface area contributed by atoms with Gasteiger partial charge in [0.25, 0.3) is 0 Å². The highest BCUT2D eigenvalue weighted by Gasteiger charge is 2.16. The fourth-order valence-corrected chi connectivity index (χ4v) is 3.73. The topological polar surface area (TPSA) is 53.2 Å². The molecular weight excluding hydrogens is 294 g/mol. The van der Waals surface area contributed by atoms with Gasteiger partial charge in [0.05, 0.1) is 0 Å². The average Bonchev–Trinajstić information content (AvgIpc) is 2.98. The third-order valence-electron chi connectivity index (χ3n) is 3.76. The lowest BCUT2D eigenvalue weighted by atomic mass is 10.1. The van der Waals surface area contributed by atoms with Gasteiger partial charge in [0.1, 0.15) is 0 Å². The predicted octanol–water partition coefficient (Wildman–Crippen LogP) is 3.76.